The van der Waals surface area contributed by atoms with E-state index in [-0.39, 0.29) is 23.2 Å². The van der Waals surface area contributed by atoms with E-state index in [1.807, 2.05) is 4.90 Å². The zero-order valence-corrected chi connectivity index (χ0v) is 13.6. The van der Waals surface area contributed by atoms with Crippen LogP contribution in [0, 0.1) is 5.82 Å². The van der Waals surface area contributed by atoms with E-state index in [4.69, 9.17) is 0 Å². The molecule has 1 aliphatic rings. The van der Waals surface area contributed by atoms with E-state index in [0.29, 0.717) is 37.4 Å². The van der Waals surface area contributed by atoms with Crippen LogP contribution in [0.4, 0.5) is 10.1 Å². The molecule has 2 aromatic rings. The number of phenolic OH excluding ortho intramolecular Hbond substituents is 2. The zero-order valence-electron chi connectivity index (χ0n) is 13.6. The van der Waals surface area contributed by atoms with Crippen molar-refractivity contribution in [2.24, 2.45) is 0 Å². The average molecular weight is 342 g/mol. The number of carbonyl (C=O) groups excluding carboxylic acids is 1. The smallest absolute Gasteiger partial charge is 0.246 e. The third-order valence-electron chi connectivity index (χ3n) is 4.20. The lowest BCUT2D eigenvalue weighted by molar-refractivity contribution is -0.126. The van der Waals surface area contributed by atoms with Gasteiger partial charge >= 0.3 is 0 Å². The van der Waals surface area contributed by atoms with Crippen LogP contribution in [0.25, 0.3) is 6.08 Å². The maximum atomic E-state index is 13.8. The summed E-state index contributed by atoms with van der Waals surface area (Å²) < 4.78 is 13.8. The number of hydrogen-bond acceptors (Lipinski definition) is 4. The Kier molecular flexibility index (Phi) is 4.88. The molecule has 0 aliphatic carbocycles. The third-order valence-corrected chi connectivity index (χ3v) is 4.20. The first-order valence-corrected chi connectivity index (χ1v) is 8.03. The van der Waals surface area contributed by atoms with Gasteiger partial charge in [0.25, 0.3) is 0 Å². The van der Waals surface area contributed by atoms with E-state index in [9.17, 15) is 19.4 Å². The number of amides is 1. The first-order valence-electron chi connectivity index (χ1n) is 8.03. The Labute approximate surface area is 145 Å². The van der Waals surface area contributed by atoms with Crippen molar-refractivity contribution < 1.29 is 19.4 Å². The van der Waals surface area contributed by atoms with Gasteiger partial charge < -0.3 is 20.0 Å². The summed E-state index contributed by atoms with van der Waals surface area (Å²) in [5, 5.41) is 18.7. The van der Waals surface area contributed by atoms with Crippen molar-refractivity contribution in [3.05, 3.63) is 59.9 Å². The predicted molar refractivity (Wildman–Crippen MR) is 94.0 cm³/mol. The lowest BCUT2D eigenvalue weighted by Gasteiger charge is -2.35. The van der Waals surface area contributed by atoms with Crippen LogP contribution in [0.1, 0.15) is 5.56 Å². The lowest BCUT2D eigenvalue weighted by atomic mass is 10.2. The van der Waals surface area contributed by atoms with Crippen LogP contribution < -0.4 is 4.90 Å². The number of nitrogens with zero attached hydrogens (tertiary/aromatic N) is 2. The molecule has 5 nitrogen and oxygen atoms in total. The lowest BCUT2D eigenvalue weighted by Crippen LogP contribution is -2.48. The van der Waals surface area contributed by atoms with Gasteiger partial charge in [-0.1, -0.05) is 18.2 Å². The standard InChI is InChI=1S/C19H19FN2O3/c20-15-3-1-2-4-16(15)21-9-11-22(12-10-21)19(25)8-6-14-5-7-17(23)18(24)13-14/h1-8,13,23-24H,9-12H2/b8-6+. The Morgan fingerprint density at radius 1 is 1.00 bits per heavy atom. The molecular formula is C19H19FN2O3. The molecule has 2 aromatic carbocycles. The van der Waals surface area contributed by atoms with Crippen LogP contribution in [0.2, 0.25) is 0 Å². The van der Waals surface area contributed by atoms with Crippen molar-refractivity contribution in [3.63, 3.8) is 0 Å². The molecule has 25 heavy (non-hydrogen) atoms. The van der Waals surface area contributed by atoms with E-state index in [0.717, 1.165) is 0 Å². The summed E-state index contributed by atoms with van der Waals surface area (Å²) in [7, 11) is 0. The van der Waals surface area contributed by atoms with E-state index < -0.39 is 0 Å². The van der Waals surface area contributed by atoms with Crippen molar-refractivity contribution >= 4 is 17.7 Å². The van der Waals surface area contributed by atoms with Gasteiger partial charge in [0, 0.05) is 32.3 Å². The molecule has 6 heteroatoms. The van der Waals surface area contributed by atoms with E-state index in [1.54, 1.807) is 35.2 Å². The largest absolute Gasteiger partial charge is 0.504 e. The van der Waals surface area contributed by atoms with Gasteiger partial charge in [0.2, 0.25) is 5.91 Å². The molecular weight excluding hydrogens is 323 g/mol. The second-order valence-corrected chi connectivity index (χ2v) is 5.85. The second-order valence-electron chi connectivity index (χ2n) is 5.85. The SMILES string of the molecule is O=C(/C=C/c1ccc(O)c(O)c1)N1CCN(c2ccccc2F)CC1. The summed E-state index contributed by atoms with van der Waals surface area (Å²) in [6, 6.07) is 11.0. The predicted octanol–water partition coefficient (Wildman–Crippen LogP) is 2.60. The summed E-state index contributed by atoms with van der Waals surface area (Å²) >= 11 is 0. The molecule has 0 spiro atoms. The number of benzene rings is 2. The summed E-state index contributed by atoms with van der Waals surface area (Å²) in [5.74, 6) is -0.823. The van der Waals surface area contributed by atoms with Crippen molar-refractivity contribution in [1.29, 1.82) is 0 Å². The highest BCUT2D eigenvalue weighted by atomic mass is 19.1. The third kappa shape index (κ3) is 3.91. The Morgan fingerprint density at radius 2 is 1.72 bits per heavy atom. The first-order chi connectivity index (χ1) is 12.0. The molecule has 1 saturated heterocycles. The first kappa shape index (κ1) is 16.8. The molecule has 0 atom stereocenters. The van der Waals surface area contributed by atoms with Gasteiger partial charge in [0.1, 0.15) is 5.82 Å². The van der Waals surface area contributed by atoms with E-state index in [1.165, 1.54) is 24.3 Å². The monoisotopic (exact) mass is 342 g/mol. The van der Waals surface area contributed by atoms with Gasteiger partial charge in [-0.15, -0.1) is 0 Å². The average Bonchev–Trinajstić information content (AvgIpc) is 2.63. The Balaban J connectivity index is 1.59. The number of hydrogen-bond donors (Lipinski definition) is 2. The van der Waals surface area contributed by atoms with Crippen LogP contribution in [0.3, 0.4) is 0 Å². The van der Waals surface area contributed by atoms with Crippen LogP contribution in [-0.4, -0.2) is 47.2 Å². The Bertz CT molecular complexity index is 799. The molecule has 130 valence electrons. The molecule has 3 rings (SSSR count). The van der Waals surface area contributed by atoms with Crippen molar-refractivity contribution in [2.45, 2.75) is 0 Å². The number of carbonyl (C=O) groups is 1. The minimum atomic E-state index is -0.255. The second kappa shape index (κ2) is 7.25. The molecule has 1 amide bonds. The molecule has 2 N–H and O–H groups in total. The highest BCUT2D eigenvalue weighted by molar-refractivity contribution is 5.92. The van der Waals surface area contributed by atoms with Crippen molar-refractivity contribution in [3.8, 4) is 11.5 Å². The van der Waals surface area contributed by atoms with Crippen LogP contribution in [0.5, 0.6) is 11.5 Å². The normalized spacial score (nSPS) is 14.9. The van der Waals surface area contributed by atoms with Crippen molar-refractivity contribution in [2.75, 3.05) is 31.1 Å². The molecule has 0 unspecified atom stereocenters. The van der Waals surface area contributed by atoms with Crippen LogP contribution in [0.15, 0.2) is 48.5 Å². The molecule has 0 radical (unpaired) electrons. The molecule has 1 aliphatic heterocycles. The van der Waals surface area contributed by atoms with Gasteiger partial charge in [-0.25, -0.2) is 4.39 Å². The number of phenols is 2. The minimum Gasteiger partial charge on any atom is -0.504 e. The highest BCUT2D eigenvalue weighted by Crippen LogP contribution is 2.25. The molecule has 0 aromatic heterocycles. The van der Waals surface area contributed by atoms with Crippen LogP contribution >= 0.6 is 0 Å². The molecule has 0 bridgehead atoms. The van der Waals surface area contributed by atoms with E-state index >= 15 is 0 Å². The van der Waals surface area contributed by atoms with E-state index in [2.05, 4.69) is 0 Å². The van der Waals surface area contributed by atoms with Gasteiger partial charge in [0.15, 0.2) is 11.5 Å². The summed E-state index contributed by atoms with van der Waals surface area (Å²) in [6.07, 6.45) is 3.02. The summed E-state index contributed by atoms with van der Waals surface area (Å²) in [4.78, 5) is 15.9. The molecule has 0 saturated carbocycles. The number of para-hydroxylation sites is 1. The van der Waals surface area contributed by atoms with Gasteiger partial charge in [0.05, 0.1) is 5.69 Å². The maximum absolute atomic E-state index is 13.8. The fourth-order valence-electron chi connectivity index (χ4n) is 2.79. The Morgan fingerprint density at radius 3 is 2.40 bits per heavy atom. The number of aromatic hydroxyl groups is 2. The Hall–Kier alpha value is -3.02. The summed E-state index contributed by atoms with van der Waals surface area (Å²) in [5.41, 5.74) is 1.18. The maximum Gasteiger partial charge on any atom is 0.246 e. The van der Waals surface area contributed by atoms with Gasteiger partial charge in [-0.2, -0.15) is 0 Å². The van der Waals surface area contributed by atoms with Crippen molar-refractivity contribution in [1.82, 2.24) is 4.90 Å². The fourth-order valence-corrected chi connectivity index (χ4v) is 2.79. The number of piperazine rings is 1. The number of anilines is 1. The number of halogens is 1. The van der Waals surface area contributed by atoms with Gasteiger partial charge in [-0.05, 0) is 35.9 Å². The molecule has 1 fully saturated rings. The topological polar surface area (TPSA) is 64.0 Å². The van der Waals surface area contributed by atoms with Crippen LogP contribution in [-0.2, 0) is 4.79 Å². The fraction of sp³-hybridized carbons (Fsp3) is 0.211. The zero-order chi connectivity index (χ0) is 17.8. The highest BCUT2D eigenvalue weighted by Gasteiger charge is 2.21. The van der Waals surface area contributed by atoms with Gasteiger partial charge in [-0.3, -0.25) is 4.79 Å². The summed E-state index contributed by atoms with van der Waals surface area (Å²) in [6.45, 7) is 2.16. The number of rotatable bonds is 3. The minimum absolute atomic E-state index is 0.138. The molecule has 1 heterocycles. The quantitative estimate of drug-likeness (QED) is 0.665.